The Kier molecular flexibility index (Phi) is 3.36. The van der Waals surface area contributed by atoms with Crippen LogP contribution in [-0.4, -0.2) is 6.04 Å². The lowest BCUT2D eigenvalue weighted by Gasteiger charge is -2.36. The van der Waals surface area contributed by atoms with Gasteiger partial charge in [-0.05, 0) is 23.7 Å². The molecule has 13 heavy (non-hydrogen) atoms. The molecule has 0 aliphatic heterocycles. The lowest BCUT2D eigenvalue weighted by atomic mass is 9.75. The highest BCUT2D eigenvalue weighted by molar-refractivity contribution is 4.90. The third-order valence-electron chi connectivity index (χ3n) is 3.47. The van der Waals surface area contributed by atoms with Gasteiger partial charge in [0.2, 0.25) is 0 Å². The van der Waals surface area contributed by atoms with Gasteiger partial charge in [0, 0.05) is 6.04 Å². The van der Waals surface area contributed by atoms with E-state index in [1.807, 2.05) is 0 Å². The van der Waals surface area contributed by atoms with Crippen molar-refractivity contribution in [1.29, 1.82) is 0 Å². The first-order chi connectivity index (χ1) is 5.96. The van der Waals surface area contributed by atoms with Gasteiger partial charge in [0.25, 0.3) is 0 Å². The number of nitrogens with two attached hydrogens (primary N) is 1. The molecule has 1 rings (SSSR count). The van der Waals surface area contributed by atoms with Gasteiger partial charge in [-0.3, -0.25) is 11.3 Å². The van der Waals surface area contributed by atoms with Gasteiger partial charge < -0.3 is 0 Å². The summed E-state index contributed by atoms with van der Waals surface area (Å²) in [7, 11) is 0. The quantitative estimate of drug-likeness (QED) is 0.510. The van der Waals surface area contributed by atoms with E-state index in [1.165, 1.54) is 19.3 Å². The van der Waals surface area contributed by atoms with Crippen LogP contribution in [0.5, 0.6) is 0 Å². The van der Waals surface area contributed by atoms with Crippen molar-refractivity contribution in [2.45, 2.75) is 53.0 Å². The van der Waals surface area contributed by atoms with Crippen LogP contribution in [0.4, 0.5) is 0 Å². The monoisotopic (exact) mass is 184 g/mol. The van der Waals surface area contributed by atoms with Crippen LogP contribution in [-0.2, 0) is 0 Å². The molecule has 0 saturated heterocycles. The van der Waals surface area contributed by atoms with E-state index in [0.29, 0.717) is 6.04 Å². The Morgan fingerprint density at radius 2 is 1.92 bits per heavy atom. The molecule has 0 aromatic heterocycles. The summed E-state index contributed by atoms with van der Waals surface area (Å²) in [6.07, 6.45) is 4.09. The Morgan fingerprint density at radius 1 is 1.31 bits per heavy atom. The molecule has 1 aliphatic rings. The molecule has 0 aromatic carbocycles. The van der Waals surface area contributed by atoms with Crippen LogP contribution in [0.2, 0.25) is 0 Å². The van der Waals surface area contributed by atoms with E-state index in [1.54, 1.807) is 0 Å². The van der Waals surface area contributed by atoms with Crippen LogP contribution in [0.1, 0.15) is 47.0 Å². The normalized spacial score (nSPS) is 32.1. The number of hydrogen-bond donors (Lipinski definition) is 2. The molecule has 1 aliphatic carbocycles. The van der Waals surface area contributed by atoms with Gasteiger partial charge in [-0.15, -0.1) is 0 Å². The highest BCUT2D eigenvalue weighted by Crippen LogP contribution is 2.39. The molecule has 2 heteroatoms. The van der Waals surface area contributed by atoms with Crippen LogP contribution >= 0.6 is 0 Å². The lowest BCUT2D eigenvalue weighted by Crippen LogP contribution is -2.49. The molecule has 0 radical (unpaired) electrons. The fraction of sp³-hybridized carbons (Fsp3) is 1.00. The molecule has 0 heterocycles. The molecular weight excluding hydrogens is 160 g/mol. The first-order valence-electron chi connectivity index (χ1n) is 5.43. The van der Waals surface area contributed by atoms with Gasteiger partial charge in [0.15, 0.2) is 0 Å². The van der Waals surface area contributed by atoms with Crippen LogP contribution in [0.15, 0.2) is 0 Å². The largest absolute Gasteiger partial charge is 0.271 e. The fourth-order valence-electron chi connectivity index (χ4n) is 2.69. The molecule has 0 amide bonds. The van der Waals surface area contributed by atoms with Crippen molar-refractivity contribution < 1.29 is 0 Å². The fourth-order valence-corrected chi connectivity index (χ4v) is 2.69. The summed E-state index contributed by atoms with van der Waals surface area (Å²) in [6, 6.07) is 0.463. The average molecular weight is 184 g/mol. The van der Waals surface area contributed by atoms with E-state index in [2.05, 4.69) is 33.1 Å². The van der Waals surface area contributed by atoms with Gasteiger partial charge in [0.05, 0.1) is 0 Å². The smallest absolute Gasteiger partial charge is 0.0289 e. The molecule has 1 fully saturated rings. The number of nitrogens with one attached hydrogen (secondary N) is 1. The van der Waals surface area contributed by atoms with Crippen molar-refractivity contribution >= 4 is 0 Å². The summed E-state index contributed by atoms with van der Waals surface area (Å²) in [5, 5.41) is 0. The predicted octanol–water partition coefficient (Wildman–Crippen LogP) is 2.30. The molecule has 3 unspecified atom stereocenters. The van der Waals surface area contributed by atoms with Gasteiger partial charge in [0.1, 0.15) is 0 Å². The summed E-state index contributed by atoms with van der Waals surface area (Å²) < 4.78 is 0. The van der Waals surface area contributed by atoms with E-state index in [4.69, 9.17) is 5.84 Å². The summed E-state index contributed by atoms with van der Waals surface area (Å²) in [4.78, 5) is 0. The molecular formula is C11H24N2. The maximum absolute atomic E-state index is 5.65. The molecule has 0 aromatic rings. The van der Waals surface area contributed by atoms with E-state index in [9.17, 15) is 0 Å². The highest BCUT2D eigenvalue weighted by atomic mass is 15.2. The van der Waals surface area contributed by atoms with Gasteiger partial charge in [-0.1, -0.05) is 40.5 Å². The molecule has 1 saturated carbocycles. The van der Waals surface area contributed by atoms with Crippen molar-refractivity contribution in [1.82, 2.24) is 5.43 Å². The minimum atomic E-state index is 0.276. The van der Waals surface area contributed by atoms with E-state index >= 15 is 0 Å². The first kappa shape index (κ1) is 11.0. The summed E-state index contributed by atoms with van der Waals surface area (Å²) in [6.45, 7) is 9.15. The Bertz CT molecular complexity index is 160. The Hall–Kier alpha value is -0.0800. The predicted molar refractivity (Wildman–Crippen MR) is 57.1 cm³/mol. The van der Waals surface area contributed by atoms with Crippen molar-refractivity contribution in [3.63, 3.8) is 0 Å². The van der Waals surface area contributed by atoms with Crippen LogP contribution in [0.3, 0.4) is 0 Å². The van der Waals surface area contributed by atoms with Crippen molar-refractivity contribution in [3.05, 3.63) is 0 Å². The second-order valence-corrected chi connectivity index (χ2v) is 5.58. The third kappa shape index (κ3) is 2.44. The van der Waals surface area contributed by atoms with Crippen molar-refractivity contribution in [2.75, 3.05) is 0 Å². The van der Waals surface area contributed by atoms with Crippen LogP contribution in [0, 0.1) is 17.3 Å². The van der Waals surface area contributed by atoms with Crippen LogP contribution in [0.25, 0.3) is 0 Å². The molecule has 2 nitrogen and oxygen atoms in total. The van der Waals surface area contributed by atoms with Crippen LogP contribution < -0.4 is 11.3 Å². The topological polar surface area (TPSA) is 38.0 Å². The average Bonchev–Trinajstić information content (AvgIpc) is 2.35. The second-order valence-electron chi connectivity index (χ2n) is 5.58. The molecule has 3 atom stereocenters. The Morgan fingerprint density at radius 3 is 2.23 bits per heavy atom. The molecule has 78 valence electrons. The molecule has 0 spiro atoms. The second kappa shape index (κ2) is 3.97. The third-order valence-corrected chi connectivity index (χ3v) is 3.47. The number of hydrazine groups is 1. The first-order valence-corrected chi connectivity index (χ1v) is 5.43. The minimum absolute atomic E-state index is 0.276. The van der Waals surface area contributed by atoms with E-state index < -0.39 is 0 Å². The Balaban J connectivity index is 2.66. The van der Waals surface area contributed by atoms with Gasteiger partial charge in [-0.25, -0.2) is 0 Å². The number of rotatable bonds is 2. The lowest BCUT2D eigenvalue weighted by molar-refractivity contribution is 0.168. The van der Waals surface area contributed by atoms with Crippen molar-refractivity contribution in [3.8, 4) is 0 Å². The van der Waals surface area contributed by atoms with E-state index in [-0.39, 0.29) is 5.41 Å². The van der Waals surface area contributed by atoms with Gasteiger partial charge in [-0.2, -0.15) is 0 Å². The maximum Gasteiger partial charge on any atom is 0.0289 e. The highest BCUT2D eigenvalue weighted by Gasteiger charge is 2.36. The molecule has 0 bridgehead atoms. The van der Waals surface area contributed by atoms with Gasteiger partial charge >= 0.3 is 0 Å². The minimum Gasteiger partial charge on any atom is -0.271 e. The number of hydrogen-bond acceptors (Lipinski definition) is 2. The Labute approximate surface area is 82.2 Å². The van der Waals surface area contributed by atoms with Crippen molar-refractivity contribution in [2.24, 2.45) is 23.1 Å². The summed E-state index contributed by atoms with van der Waals surface area (Å²) >= 11 is 0. The zero-order valence-corrected chi connectivity index (χ0v) is 9.43. The maximum atomic E-state index is 5.65. The summed E-state index contributed by atoms with van der Waals surface area (Å²) in [5.41, 5.74) is 3.29. The molecule has 3 N–H and O–H groups in total. The standard InChI is InChI=1S/C11H24N2/c1-8-6-5-7-9(8)10(13-12)11(2,3)4/h8-10,13H,5-7,12H2,1-4H3. The SMILES string of the molecule is CC1CCCC1C(NN)C(C)(C)C. The summed E-state index contributed by atoms with van der Waals surface area (Å²) in [5.74, 6) is 7.25. The zero-order chi connectivity index (χ0) is 10.1. The van der Waals surface area contributed by atoms with E-state index in [0.717, 1.165) is 11.8 Å². The zero-order valence-electron chi connectivity index (χ0n) is 9.43.